The number of rotatable bonds is 7. The number of nitrogens with zero attached hydrogens (tertiary/aromatic N) is 1. The van der Waals surface area contributed by atoms with E-state index in [4.69, 9.17) is 0 Å². The van der Waals surface area contributed by atoms with Gasteiger partial charge in [-0.1, -0.05) is 30.4 Å². The lowest BCUT2D eigenvalue weighted by Crippen LogP contribution is -2.47. The lowest BCUT2D eigenvalue weighted by molar-refractivity contribution is -0.131. The maximum absolute atomic E-state index is 12.3. The summed E-state index contributed by atoms with van der Waals surface area (Å²) in [6.45, 7) is 11.7. The van der Waals surface area contributed by atoms with E-state index >= 15 is 0 Å². The van der Waals surface area contributed by atoms with Crippen molar-refractivity contribution in [1.29, 1.82) is 0 Å². The van der Waals surface area contributed by atoms with Crippen molar-refractivity contribution in [2.45, 2.75) is 19.9 Å². The molecule has 4 heteroatoms. The molecule has 112 valence electrons. The number of hydrogen-bond acceptors (Lipinski definition) is 2. The summed E-state index contributed by atoms with van der Waals surface area (Å²) in [5.41, 5.74) is 1.46. The van der Waals surface area contributed by atoms with Crippen molar-refractivity contribution in [3.63, 3.8) is 0 Å². The monoisotopic (exact) mass is 286 g/mol. The Hall–Kier alpha value is -2.36. The molecule has 1 unspecified atom stereocenters. The molecule has 0 aliphatic carbocycles. The average Bonchev–Trinajstić information content (AvgIpc) is 2.46. The molecule has 1 atom stereocenters. The topological polar surface area (TPSA) is 49.4 Å². The third kappa shape index (κ3) is 4.60. The van der Waals surface area contributed by atoms with Gasteiger partial charge in [0, 0.05) is 18.7 Å². The first-order valence-corrected chi connectivity index (χ1v) is 6.88. The highest BCUT2D eigenvalue weighted by atomic mass is 16.2. The second kappa shape index (κ2) is 8.04. The summed E-state index contributed by atoms with van der Waals surface area (Å²) in [6, 6.07) is 6.68. The van der Waals surface area contributed by atoms with Crippen molar-refractivity contribution < 1.29 is 9.59 Å². The van der Waals surface area contributed by atoms with Crippen LogP contribution in [0.2, 0.25) is 0 Å². The van der Waals surface area contributed by atoms with E-state index in [2.05, 4.69) is 18.5 Å². The van der Waals surface area contributed by atoms with Crippen molar-refractivity contribution in [3.05, 3.63) is 60.7 Å². The molecular weight excluding hydrogens is 264 g/mol. The Balaban J connectivity index is 2.75. The number of benzene rings is 1. The Kier molecular flexibility index (Phi) is 6.40. The van der Waals surface area contributed by atoms with Gasteiger partial charge < -0.3 is 10.2 Å². The number of nitrogens with one attached hydrogen (secondary N) is 1. The minimum atomic E-state index is -0.600. The Labute approximate surface area is 126 Å². The number of carbonyl (C=O) groups excluding carboxylic acids is 2. The van der Waals surface area contributed by atoms with Gasteiger partial charge in [-0.05, 0) is 25.5 Å². The van der Waals surface area contributed by atoms with E-state index < -0.39 is 6.04 Å². The van der Waals surface area contributed by atoms with Crippen LogP contribution in [0.4, 0.5) is 0 Å². The SMILES string of the molecule is C=CCN(CC=C)C(=O)C(C)NC(=O)c1ccccc1C. The summed E-state index contributed by atoms with van der Waals surface area (Å²) in [5.74, 6) is -0.400. The first-order chi connectivity index (χ1) is 10.0. The lowest BCUT2D eigenvalue weighted by atomic mass is 10.1. The molecule has 1 rings (SSSR count). The maximum Gasteiger partial charge on any atom is 0.252 e. The van der Waals surface area contributed by atoms with Gasteiger partial charge in [0.2, 0.25) is 5.91 Å². The van der Waals surface area contributed by atoms with Gasteiger partial charge in [-0.15, -0.1) is 13.2 Å². The normalized spacial score (nSPS) is 11.3. The van der Waals surface area contributed by atoms with E-state index in [0.717, 1.165) is 5.56 Å². The summed E-state index contributed by atoms with van der Waals surface area (Å²) in [7, 11) is 0. The Morgan fingerprint density at radius 2 is 1.81 bits per heavy atom. The van der Waals surface area contributed by atoms with Crippen molar-refractivity contribution in [2.24, 2.45) is 0 Å². The first-order valence-electron chi connectivity index (χ1n) is 6.88. The highest BCUT2D eigenvalue weighted by Gasteiger charge is 2.21. The molecule has 0 aromatic heterocycles. The van der Waals surface area contributed by atoms with Gasteiger partial charge in [0.15, 0.2) is 0 Å². The molecule has 0 spiro atoms. The van der Waals surface area contributed by atoms with Crippen molar-refractivity contribution >= 4 is 11.8 Å². The van der Waals surface area contributed by atoms with Gasteiger partial charge >= 0.3 is 0 Å². The van der Waals surface area contributed by atoms with E-state index in [-0.39, 0.29) is 11.8 Å². The van der Waals surface area contributed by atoms with Crippen molar-refractivity contribution in [3.8, 4) is 0 Å². The standard InChI is InChI=1S/C17H22N2O2/c1-5-11-19(12-6-2)17(21)14(4)18-16(20)15-10-8-7-9-13(15)3/h5-10,14H,1-2,11-12H2,3-4H3,(H,18,20). The molecule has 0 saturated heterocycles. The largest absolute Gasteiger partial charge is 0.341 e. The van der Waals surface area contributed by atoms with Crippen molar-refractivity contribution in [1.82, 2.24) is 10.2 Å². The quantitative estimate of drug-likeness (QED) is 0.782. The van der Waals surface area contributed by atoms with Crippen LogP contribution in [-0.2, 0) is 4.79 Å². The number of amides is 2. The van der Waals surface area contributed by atoms with Crippen LogP contribution in [0.3, 0.4) is 0 Å². The van der Waals surface area contributed by atoms with Crippen molar-refractivity contribution in [2.75, 3.05) is 13.1 Å². The van der Waals surface area contributed by atoms with Crippen LogP contribution in [0, 0.1) is 6.92 Å². The van der Waals surface area contributed by atoms with E-state index in [9.17, 15) is 9.59 Å². The highest BCUT2D eigenvalue weighted by molar-refractivity contribution is 5.98. The van der Waals surface area contributed by atoms with Gasteiger partial charge in [0.1, 0.15) is 6.04 Å². The predicted molar refractivity (Wildman–Crippen MR) is 85.1 cm³/mol. The molecule has 0 heterocycles. The van der Waals surface area contributed by atoms with E-state index in [0.29, 0.717) is 18.7 Å². The number of hydrogen-bond donors (Lipinski definition) is 1. The number of aryl methyl sites for hydroxylation is 1. The second-order valence-corrected chi connectivity index (χ2v) is 4.83. The Morgan fingerprint density at radius 1 is 1.24 bits per heavy atom. The van der Waals surface area contributed by atoms with Crippen LogP contribution in [0.5, 0.6) is 0 Å². The molecule has 21 heavy (non-hydrogen) atoms. The smallest absolute Gasteiger partial charge is 0.252 e. The van der Waals surface area contributed by atoms with Gasteiger partial charge in [-0.3, -0.25) is 9.59 Å². The molecule has 0 aliphatic rings. The van der Waals surface area contributed by atoms with E-state index in [1.807, 2.05) is 19.1 Å². The summed E-state index contributed by atoms with van der Waals surface area (Å²) in [4.78, 5) is 26.1. The van der Waals surface area contributed by atoms with Gasteiger partial charge in [-0.25, -0.2) is 0 Å². The van der Waals surface area contributed by atoms with Gasteiger partial charge in [-0.2, -0.15) is 0 Å². The molecule has 1 aromatic rings. The molecule has 2 amide bonds. The third-order valence-electron chi connectivity index (χ3n) is 3.12. The zero-order chi connectivity index (χ0) is 15.8. The van der Waals surface area contributed by atoms with Crippen LogP contribution < -0.4 is 5.32 Å². The van der Waals surface area contributed by atoms with Crippen LogP contribution in [-0.4, -0.2) is 35.8 Å². The third-order valence-corrected chi connectivity index (χ3v) is 3.12. The fourth-order valence-electron chi connectivity index (χ4n) is 2.00. The molecule has 0 saturated carbocycles. The minimum Gasteiger partial charge on any atom is -0.341 e. The van der Waals surface area contributed by atoms with Crippen LogP contribution in [0.1, 0.15) is 22.8 Å². The first kappa shape index (κ1) is 16.7. The summed E-state index contributed by atoms with van der Waals surface area (Å²) < 4.78 is 0. The maximum atomic E-state index is 12.3. The summed E-state index contributed by atoms with van der Waals surface area (Å²) >= 11 is 0. The molecule has 1 N–H and O–H groups in total. The van der Waals surface area contributed by atoms with Crippen LogP contribution in [0.25, 0.3) is 0 Å². The molecule has 4 nitrogen and oxygen atoms in total. The van der Waals surface area contributed by atoms with E-state index in [1.165, 1.54) is 0 Å². The summed E-state index contributed by atoms with van der Waals surface area (Å²) in [6.07, 6.45) is 3.30. The fourth-order valence-corrected chi connectivity index (χ4v) is 2.00. The molecule has 1 aromatic carbocycles. The van der Waals surface area contributed by atoms with Crippen LogP contribution >= 0.6 is 0 Å². The molecule has 0 bridgehead atoms. The minimum absolute atomic E-state index is 0.156. The van der Waals surface area contributed by atoms with Crippen LogP contribution in [0.15, 0.2) is 49.6 Å². The molecule has 0 radical (unpaired) electrons. The van der Waals surface area contributed by atoms with Gasteiger partial charge in [0.05, 0.1) is 0 Å². The number of carbonyl (C=O) groups is 2. The lowest BCUT2D eigenvalue weighted by Gasteiger charge is -2.24. The Morgan fingerprint density at radius 3 is 2.33 bits per heavy atom. The Bertz CT molecular complexity index is 527. The highest BCUT2D eigenvalue weighted by Crippen LogP contribution is 2.07. The average molecular weight is 286 g/mol. The zero-order valence-corrected chi connectivity index (χ0v) is 12.6. The molecule has 0 fully saturated rings. The fraction of sp³-hybridized carbons (Fsp3) is 0.294. The summed E-state index contributed by atoms with van der Waals surface area (Å²) in [5, 5.41) is 2.74. The van der Waals surface area contributed by atoms with E-state index in [1.54, 1.807) is 36.1 Å². The van der Waals surface area contributed by atoms with Gasteiger partial charge in [0.25, 0.3) is 5.91 Å². The molecule has 0 aliphatic heterocycles. The second-order valence-electron chi connectivity index (χ2n) is 4.83. The zero-order valence-electron chi connectivity index (χ0n) is 12.6. The molecular formula is C17H22N2O2. The predicted octanol–water partition coefficient (Wildman–Crippen LogP) is 2.31.